The Hall–Kier alpha value is -0.940. The van der Waals surface area contributed by atoms with Gasteiger partial charge in [-0.2, -0.15) is 0 Å². The predicted molar refractivity (Wildman–Crippen MR) is 68.7 cm³/mol. The molecule has 0 aromatic carbocycles. The lowest BCUT2D eigenvalue weighted by Crippen LogP contribution is -2.45. The smallest absolute Gasteiger partial charge is 0.290 e. The number of hydrogen-bond acceptors (Lipinski definition) is 4. The second-order valence-corrected chi connectivity index (χ2v) is 4.34. The Morgan fingerprint density at radius 2 is 1.94 bits per heavy atom. The molecule has 0 amide bonds. The van der Waals surface area contributed by atoms with Crippen molar-refractivity contribution in [2.75, 3.05) is 20.3 Å². The van der Waals surface area contributed by atoms with Crippen molar-refractivity contribution in [3.05, 3.63) is 0 Å². The van der Waals surface area contributed by atoms with E-state index in [2.05, 4.69) is 24.2 Å². The molecule has 1 saturated heterocycles. The van der Waals surface area contributed by atoms with Crippen LogP contribution in [0.15, 0.2) is 4.99 Å². The van der Waals surface area contributed by atoms with E-state index in [1.807, 2.05) is 13.3 Å². The van der Waals surface area contributed by atoms with Crippen molar-refractivity contribution in [1.82, 2.24) is 5.32 Å². The summed E-state index contributed by atoms with van der Waals surface area (Å²) in [5.74, 6) is 0.599. The molecule has 1 atom stereocenters. The van der Waals surface area contributed by atoms with Crippen LogP contribution in [0.3, 0.4) is 0 Å². The first-order chi connectivity index (χ1) is 8.15. The highest BCUT2D eigenvalue weighted by Gasteiger charge is 2.18. The van der Waals surface area contributed by atoms with Gasteiger partial charge in [0.05, 0.1) is 0 Å². The lowest BCUT2D eigenvalue weighted by Gasteiger charge is -2.28. The Morgan fingerprint density at radius 3 is 2.35 bits per heavy atom. The van der Waals surface area contributed by atoms with Gasteiger partial charge < -0.3 is 15.2 Å². The van der Waals surface area contributed by atoms with Crippen LogP contribution in [0.25, 0.3) is 0 Å². The molecule has 1 fully saturated rings. The first kappa shape index (κ1) is 16.1. The highest BCUT2D eigenvalue weighted by molar-refractivity contribution is 5.64. The Balaban J connectivity index is 0.000000770. The number of hydrogen-bond donors (Lipinski definition) is 2. The Labute approximate surface area is 103 Å². The fourth-order valence-corrected chi connectivity index (χ4v) is 1.70. The van der Waals surface area contributed by atoms with E-state index in [9.17, 15) is 0 Å². The highest BCUT2D eigenvalue weighted by Crippen LogP contribution is 2.09. The normalized spacial score (nSPS) is 18.8. The van der Waals surface area contributed by atoms with Crippen LogP contribution in [0.1, 0.15) is 26.7 Å². The van der Waals surface area contributed by atoms with Crippen LogP contribution >= 0.6 is 0 Å². The van der Waals surface area contributed by atoms with Crippen molar-refractivity contribution in [2.24, 2.45) is 10.9 Å². The first-order valence-corrected chi connectivity index (χ1v) is 5.99. The van der Waals surface area contributed by atoms with E-state index in [0.717, 1.165) is 26.1 Å². The summed E-state index contributed by atoms with van der Waals surface area (Å²) in [6.45, 7) is 5.98. The monoisotopic (exact) mass is 244 g/mol. The molecule has 1 rings (SSSR count). The molecule has 1 heterocycles. The minimum Gasteiger partial charge on any atom is -0.483 e. The number of rotatable bonds is 4. The summed E-state index contributed by atoms with van der Waals surface area (Å²) < 4.78 is 5.33. The number of nitrogens with one attached hydrogen (secondary N) is 1. The van der Waals surface area contributed by atoms with Crippen LogP contribution in [-0.2, 0) is 9.53 Å². The Kier molecular flexibility index (Phi) is 9.66. The molecule has 1 unspecified atom stereocenters. The van der Waals surface area contributed by atoms with Gasteiger partial charge >= 0.3 is 0 Å². The van der Waals surface area contributed by atoms with Crippen molar-refractivity contribution in [3.63, 3.8) is 0 Å². The molecule has 0 aromatic rings. The van der Waals surface area contributed by atoms with Crippen LogP contribution in [0.5, 0.6) is 0 Å². The van der Waals surface area contributed by atoms with Crippen molar-refractivity contribution in [2.45, 2.75) is 38.8 Å². The van der Waals surface area contributed by atoms with Gasteiger partial charge in [0, 0.05) is 38.6 Å². The molecule has 2 N–H and O–H groups in total. The topological polar surface area (TPSA) is 70.9 Å². The third-order valence-electron chi connectivity index (χ3n) is 2.68. The van der Waals surface area contributed by atoms with E-state index in [4.69, 9.17) is 14.6 Å². The molecule has 0 aliphatic carbocycles. The van der Waals surface area contributed by atoms with Gasteiger partial charge in [0.15, 0.2) is 0 Å². The molecule has 5 nitrogen and oxygen atoms in total. The molecule has 0 saturated carbocycles. The SMILES string of the molecule is CN=CC(NC1CCOCC1)C(C)C.O=CO. The van der Waals surface area contributed by atoms with Crippen LogP contribution in [-0.4, -0.2) is 50.1 Å². The summed E-state index contributed by atoms with van der Waals surface area (Å²) in [6.07, 6.45) is 4.27. The molecular formula is C12H24N2O3. The molecule has 0 bridgehead atoms. The van der Waals surface area contributed by atoms with Gasteiger partial charge in [-0.05, 0) is 18.8 Å². The predicted octanol–water partition coefficient (Wildman–Crippen LogP) is 1.18. The fourth-order valence-electron chi connectivity index (χ4n) is 1.70. The summed E-state index contributed by atoms with van der Waals surface area (Å²) in [7, 11) is 1.83. The van der Waals surface area contributed by atoms with E-state index in [1.165, 1.54) is 0 Å². The molecule has 1 aliphatic rings. The minimum absolute atomic E-state index is 0.250. The lowest BCUT2D eigenvalue weighted by atomic mass is 10.0. The maximum atomic E-state index is 8.36. The van der Waals surface area contributed by atoms with Crippen molar-refractivity contribution >= 4 is 12.7 Å². The van der Waals surface area contributed by atoms with Crippen LogP contribution < -0.4 is 5.32 Å². The third-order valence-corrected chi connectivity index (χ3v) is 2.68. The summed E-state index contributed by atoms with van der Waals surface area (Å²) in [5, 5.41) is 10.5. The standard InChI is InChI=1S/C11H22N2O.CH2O2/c1-9(2)11(8-12-3)13-10-4-6-14-7-5-10;2-1-3/h8-11,13H,4-7H2,1-3H3;1H,(H,2,3). The van der Waals surface area contributed by atoms with E-state index >= 15 is 0 Å². The second-order valence-electron chi connectivity index (χ2n) is 4.34. The van der Waals surface area contributed by atoms with E-state index in [0.29, 0.717) is 18.0 Å². The largest absolute Gasteiger partial charge is 0.483 e. The maximum Gasteiger partial charge on any atom is 0.290 e. The van der Waals surface area contributed by atoms with Crippen molar-refractivity contribution in [1.29, 1.82) is 0 Å². The number of aliphatic imine (C=N–C) groups is 1. The zero-order chi connectivity index (χ0) is 13.1. The highest BCUT2D eigenvalue weighted by atomic mass is 16.5. The van der Waals surface area contributed by atoms with Gasteiger partial charge in [-0.15, -0.1) is 0 Å². The van der Waals surface area contributed by atoms with Crippen molar-refractivity contribution in [3.8, 4) is 0 Å². The number of carbonyl (C=O) groups is 1. The van der Waals surface area contributed by atoms with Crippen molar-refractivity contribution < 1.29 is 14.6 Å². The quantitative estimate of drug-likeness (QED) is 0.575. The molecule has 0 radical (unpaired) electrons. The fraction of sp³-hybridized carbons (Fsp3) is 0.833. The van der Waals surface area contributed by atoms with Gasteiger partial charge in [-0.1, -0.05) is 13.8 Å². The molecule has 17 heavy (non-hydrogen) atoms. The summed E-state index contributed by atoms with van der Waals surface area (Å²) in [5.41, 5.74) is 0. The van der Waals surface area contributed by atoms with Gasteiger partial charge in [0.2, 0.25) is 0 Å². The van der Waals surface area contributed by atoms with E-state index < -0.39 is 0 Å². The van der Waals surface area contributed by atoms with E-state index in [-0.39, 0.29) is 6.47 Å². The molecule has 100 valence electrons. The van der Waals surface area contributed by atoms with Gasteiger partial charge in [0.25, 0.3) is 6.47 Å². The lowest BCUT2D eigenvalue weighted by molar-refractivity contribution is -0.122. The average Bonchev–Trinajstić information content (AvgIpc) is 2.31. The summed E-state index contributed by atoms with van der Waals surface area (Å²) in [4.78, 5) is 12.5. The van der Waals surface area contributed by atoms with Crippen LogP contribution in [0, 0.1) is 5.92 Å². The number of nitrogens with zero attached hydrogens (tertiary/aromatic N) is 1. The molecule has 0 spiro atoms. The minimum atomic E-state index is -0.250. The molecule has 0 aromatic heterocycles. The number of ether oxygens (including phenoxy) is 1. The Bertz CT molecular complexity index is 214. The molecular weight excluding hydrogens is 220 g/mol. The zero-order valence-corrected chi connectivity index (χ0v) is 10.9. The molecule has 5 heteroatoms. The van der Waals surface area contributed by atoms with Gasteiger partial charge in [-0.3, -0.25) is 9.79 Å². The maximum absolute atomic E-state index is 8.36. The Morgan fingerprint density at radius 1 is 1.41 bits per heavy atom. The molecule has 1 aliphatic heterocycles. The first-order valence-electron chi connectivity index (χ1n) is 5.99. The summed E-state index contributed by atoms with van der Waals surface area (Å²) in [6, 6.07) is 1.01. The van der Waals surface area contributed by atoms with Gasteiger partial charge in [0.1, 0.15) is 0 Å². The third kappa shape index (κ3) is 7.88. The zero-order valence-electron chi connectivity index (χ0n) is 10.9. The van der Waals surface area contributed by atoms with Crippen LogP contribution in [0.2, 0.25) is 0 Å². The average molecular weight is 244 g/mol. The number of carboxylic acid groups (broad SMARTS) is 1. The van der Waals surface area contributed by atoms with Crippen LogP contribution in [0.4, 0.5) is 0 Å². The van der Waals surface area contributed by atoms with Gasteiger partial charge in [-0.25, -0.2) is 0 Å². The second kappa shape index (κ2) is 10.2. The van der Waals surface area contributed by atoms with E-state index in [1.54, 1.807) is 0 Å². The summed E-state index contributed by atoms with van der Waals surface area (Å²) >= 11 is 0.